The minimum Gasteiger partial charge on any atom is -0.333 e. The fourth-order valence-electron chi connectivity index (χ4n) is 5.01. The van der Waals surface area contributed by atoms with Gasteiger partial charge in [-0.3, -0.25) is 9.59 Å². The molecule has 2 aliphatic heterocycles. The molecule has 38 heavy (non-hydrogen) atoms. The molecule has 2 aliphatic rings. The van der Waals surface area contributed by atoms with Gasteiger partial charge < -0.3 is 15.1 Å². The molecule has 5 rings (SSSR count). The summed E-state index contributed by atoms with van der Waals surface area (Å²) in [7, 11) is 1.63. The molecule has 2 unspecified atom stereocenters. The van der Waals surface area contributed by atoms with Gasteiger partial charge >= 0.3 is 6.03 Å². The van der Waals surface area contributed by atoms with E-state index in [1.807, 2.05) is 30.3 Å². The number of nitrogens with one attached hydrogen (secondary N) is 1. The number of rotatable bonds is 5. The highest BCUT2D eigenvalue weighted by Crippen LogP contribution is 2.35. The minimum absolute atomic E-state index is 0.0478. The highest BCUT2D eigenvalue weighted by atomic mass is 19.1. The van der Waals surface area contributed by atoms with Gasteiger partial charge in [-0.25, -0.2) is 23.6 Å². The molecule has 10 heteroatoms. The molecule has 4 amide bonds. The van der Waals surface area contributed by atoms with Crippen LogP contribution in [0.4, 0.5) is 13.6 Å². The molecule has 0 spiro atoms. The molecular formula is C28H27F2N5O3. The largest absolute Gasteiger partial charge is 0.334 e. The SMILES string of the molecule is CN1CC(=O)N2C(c3ccccc3)C(=O)N(Cc3ccc(F)cc3F)CC2N1C(=O)NCc1ccccc1. The van der Waals surface area contributed by atoms with Gasteiger partial charge in [0.2, 0.25) is 5.91 Å². The Morgan fingerprint density at radius 2 is 1.66 bits per heavy atom. The van der Waals surface area contributed by atoms with Crippen molar-refractivity contribution in [3.8, 4) is 0 Å². The number of halogens is 2. The summed E-state index contributed by atoms with van der Waals surface area (Å²) in [4.78, 5) is 43.4. The molecular weight excluding hydrogens is 492 g/mol. The van der Waals surface area contributed by atoms with Gasteiger partial charge in [-0.2, -0.15) is 0 Å². The molecule has 0 bridgehead atoms. The van der Waals surface area contributed by atoms with Crippen LogP contribution in [0.5, 0.6) is 0 Å². The lowest BCUT2D eigenvalue weighted by molar-refractivity contribution is -0.188. The summed E-state index contributed by atoms with van der Waals surface area (Å²) >= 11 is 0. The van der Waals surface area contributed by atoms with Gasteiger partial charge in [0, 0.05) is 31.8 Å². The van der Waals surface area contributed by atoms with E-state index in [0.717, 1.165) is 17.7 Å². The van der Waals surface area contributed by atoms with Gasteiger partial charge in [0.05, 0.1) is 13.1 Å². The minimum atomic E-state index is -1.01. The molecule has 2 saturated heterocycles. The Hall–Kier alpha value is -4.31. The van der Waals surface area contributed by atoms with E-state index in [0.29, 0.717) is 5.56 Å². The third kappa shape index (κ3) is 4.95. The Morgan fingerprint density at radius 1 is 0.974 bits per heavy atom. The van der Waals surface area contributed by atoms with E-state index in [9.17, 15) is 23.2 Å². The predicted molar refractivity (Wildman–Crippen MR) is 135 cm³/mol. The highest BCUT2D eigenvalue weighted by Gasteiger charge is 2.51. The Bertz CT molecular complexity index is 1340. The van der Waals surface area contributed by atoms with Gasteiger partial charge in [0.15, 0.2) is 0 Å². The van der Waals surface area contributed by atoms with Crippen LogP contribution in [0.1, 0.15) is 22.7 Å². The van der Waals surface area contributed by atoms with Crippen molar-refractivity contribution in [2.45, 2.75) is 25.3 Å². The smallest absolute Gasteiger partial charge is 0.333 e. The molecule has 196 valence electrons. The maximum absolute atomic E-state index is 14.6. The van der Waals surface area contributed by atoms with Crippen LogP contribution in [-0.4, -0.2) is 64.0 Å². The number of likely N-dealkylation sites (N-methyl/N-ethyl adjacent to an activating group) is 1. The zero-order valence-corrected chi connectivity index (χ0v) is 20.8. The van der Waals surface area contributed by atoms with Crippen LogP contribution in [-0.2, 0) is 22.7 Å². The van der Waals surface area contributed by atoms with Crippen LogP contribution in [0.2, 0.25) is 0 Å². The maximum Gasteiger partial charge on any atom is 0.334 e. The summed E-state index contributed by atoms with van der Waals surface area (Å²) in [6, 6.07) is 20.0. The fraction of sp³-hybridized carbons (Fsp3) is 0.250. The lowest BCUT2D eigenvalue weighted by atomic mass is 9.98. The number of hydrogen-bond donors (Lipinski definition) is 1. The van der Waals surface area contributed by atoms with E-state index in [1.54, 1.807) is 37.4 Å². The van der Waals surface area contributed by atoms with E-state index >= 15 is 0 Å². The van der Waals surface area contributed by atoms with Gasteiger partial charge in [-0.05, 0) is 17.2 Å². The Labute approximate surface area is 219 Å². The summed E-state index contributed by atoms with van der Waals surface area (Å²) in [5, 5.41) is 5.85. The number of urea groups is 1. The maximum atomic E-state index is 14.6. The summed E-state index contributed by atoms with van der Waals surface area (Å²) in [6.45, 7) is -0.0154. The first-order chi connectivity index (χ1) is 18.3. The van der Waals surface area contributed by atoms with Crippen molar-refractivity contribution in [3.05, 3.63) is 107 Å². The summed E-state index contributed by atoms with van der Waals surface area (Å²) in [6.07, 6.45) is -0.844. The predicted octanol–water partition coefficient (Wildman–Crippen LogP) is 3.28. The van der Waals surface area contributed by atoms with Crippen molar-refractivity contribution in [1.82, 2.24) is 25.1 Å². The van der Waals surface area contributed by atoms with Crippen LogP contribution in [0.15, 0.2) is 78.9 Å². The molecule has 0 aliphatic carbocycles. The Morgan fingerprint density at radius 3 is 2.34 bits per heavy atom. The molecule has 3 aromatic carbocycles. The molecule has 3 aromatic rings. The topological polar surface area (TPSA) is 76.2 Å². The zero-order chi connectivity index (χ0) is 26.8. The van der Waals surface area contributed by atoms with Crippen LogP contribution < -0.4 is 5.32 Å². The van der Waals surface area contributed by atoms with E-state index in [4.69, 9.17) is 0 Å². The second-order valence-corrected chi connectivity index (χ2v) is 9.35. The van der Waals surface area contributed by atoms with E-state index in [1.165, 1.54) is 25.9 Å². The van der Waals surface area contributed by atoms with Crippen molar-refractivity contribution < 1.29 is 23.2 Å². The first-order valence-electron chi connectivity index (χ1n) is 12.2. The fourth-order valence-corrected chi connectivity index (χ4v) is 5.01. The quantitative estimate of drug-likeness (QED) is 0.562. The molecule has 2 fully saturated rings. The van der Waals surface area contributed by atoms with Crippen molar-refractivity contribution in [3.63, 3.8) is 0 Å². The Kier molecular flexibility index (Phi) is 7.06. The first kappa shape index (κ1) is 25.3. The van der Waals surface area contributed by atoms with Crippen molar-refractivity contribution in [2.24, 2.45) is 0 Å². The third-order valence-corrected chi connectivity index (χ3v) is 6.82. The van der Waals surface area contributed by atoms with Crippen LogP contribution >= 0.6 is 0 Å². The molecule has 0 radical (unpaired) electrons. The second-order valence-electron chi connectivity index (χ2n) is 9.35. The third-order valence-electron chi connectivity index (χ3n) is 6.82. The summed E-state index contributed by atoms with van der Waals surface area (Å²) < 4.78 is 28.1. The van der Waals surface area contributed by atoms with Crippen LogP contribution in [0.3, 0.4) is 0 Å². The highest BCUT2D eigenvalue weighted by molar-refractivity contribution is 5.92. The number of hydrogen-bond acceptors (Lipinski definition) is 4. The van der Waals surface area contributed by atoms with Gasteiger partial charge in [-0.15, -0.1) is 0 Å². The number of carbonyl (C=O) groups excluding carboxylic acids is 3. The molecule has 2 heterocycles. The monoisotopic (exact) mass is 519 g/mol. The second kappa shape index (κ2) is 10.6. The lowest BCUT2D eigenvalue weighted by Gasteiger charge is -2.54. The zero-order valence-electron chi connectivity index (χ0n) is 20.8. The van der Waals surface area contributed by atoms with Crippen LogP contribution in [0, 0.1) is 11.6 Å². The number of fused-ring (bicyclic) bond motifs is 1. The number of amides is 4. The summed E-state index contributed by atoms with van der Waals surface area (Å²) in [5.41, 5.74) is 1.62. The van der Waals surface area contributed by atoms with Crippen LogP contribution in [0.25, 0.3) is 0 Å². The average molecular weight is 520 g/mol. The standard InChI is InChI=1S/C28H27F2N5O3/c1-32-18-25(36)34-24(35(32)28(38)31-15-19-8-4-2-5-9-19)17-33(16-21-12-13-22(29)14-23(21)30)27(37)26(34)20-10-6-3-7-11-20/h2-14,24,26H,15-18H2,1H3,(H,31,38). The molecule has 8 nitrogen and oxygen atoms in total. The lowest BCUT2D eigenvalue weighted by Crippen LogP contribution is -2.73. The van der Waals surface area contributed by atoms with Gasteiger partial charge in [0.25, 0.3) is 5.91 Å². The first-order valence-corrected chi connectivity index (χ1v) is 12.2. The average Bonchev–Trinajstić information content (AvgIpc) is 2.91. The molecule has 1 N–H and O–H groups in total. The van der Waals surface area contributed by atoms with Gasteiger partial charge in [-0.1, -0.05) is 66.7 Å². The normalized spacial score (nSPS) is 19.9. The number of piperazine rings is 1. The van der Waals surface area contributed by atoms with Gasteiger partial charge in [0.1, 0.15) is 23.8 Å². The van der Waals surface area contributed by atoms with Crippen molar-refractivity contribution in [1.29, 1.82) is 0 Å². The van der Waals surface area contributed by atoms with Crippen molar-refractivity contribution in [2.75, 3.05) is 20.1 Å². The summed E-state index contributed by atoms with van der Waals surface area (Å²) in [5.74, 6) is -2.20. The van der Waals surface area contributed by atoms with Crippen molar-refractivity contribution >= 4 is 17.8 Å². The number of hydrazine groups is 1. The molecule has 2 atom stereocenters. The van der Waals surface area contributed by atoms with E-state index in [2.05, 4.69) is 5.32 Å². The number of benzene rings is 3. The number of carbonyl (C=O) groups is 3. The van der Waals surface area contributed by atoms with E-state index < -0.39 is 35.8 Å². The molecule has 0 saturated carbocycles. The Balaban J connectivity index is 1.49. The van der Waals surface area contributed by atoms with E-state index in [-0.39, 0.29) is 37.6 Å². The number of nitrogens with zero attached hydrogens (tertiary/aromatic N) is 4. The molecule has 0 aromatic heterocycles.